The maximum Gasteiger partial charge on any atom is 0.138 e. The molecule has 1 fully saturated rings. The van der Waals surface area contributed by atoms with Crippen molar-refractivity contribution in [2.24, 2.45) is 0 Å². The van der Waals surface area contributed by atoms with E-state index in [1.54, 1.807) is 0 Å². The number of hydrogen-bond acceptors (Lipinski definition) is 3. The number of hydrogen-bond donors (Lipinski definition) is 0. The number of carbonyl (C=O) groups excluding carboxylic acids is 1. The summed E-state index contributed by atoms with van der Waals surface area (Å²) in [4.78, 5) is 11.6. The highest BCUT2D eigenvalue weighted by molar-refractivity contribution is 5.80. The predicted molar refractivity (Wildman–Crippen MR) is 65.2 cm³/mol. The predicted octanol–water partition coefficient (Wildman–Crippen LogP) is 2.68. The van der Waals surface area contributed by atoms with Crippen LogP contribution in [0.2, 0.25) is 0 Å². The molecule has 2 rings (SSSR count). The minimum atomic E-state index is -0.541. The van der Waals surface area contributed by atoms with Crippen LogP contribution in [-0.4, -0.2) is 19.0 Å². The van der Waals surface area contributed by atoms with Crippen molar-refractivity contribution in [3.63, 3.8) is 0 Å². The third kappa shape index (κ3) is 2.50. The van der Waals surface area contributed by atoms with Gasteiger partial charge in [0.05, 0.1) is 13.2 Å². The van der Waals surface area contributed by atoms with Crippen LogP contribution in [0.15, 0.2) is 24.3 Å². The minimum Gasteiger partial charge on any atom is -0.493 e. The summed E-state index contributed by atoms with van der Waals surface area (Å²) in [6.07, 6.45) is 0.948. The molecule has 0 amide bonds. The van der Waals surface area contributed by atoms with Gasteiger partial charge in [-0.1, -0.05) is 18.2 Å². The first-order chi connectivity index (χ1) is 8.15. The minimum absolute atomic E-state index is 0.255. The first-order valence-electron chi connectivity index (χ1n) is 6.03. The van der Waals surface area contributed by atoms with Crippen LogP contribution in [0.4, 0.5) is 0 Å². The van der Waals surface area contributed by atoms with Crippen LogP contribution in [0.5, 0.6) is 5.75 Å². The molecule has 0 radical (unpaired) electrons. The van der Waals surface area contributed by atoms with Crippen molar-refractivity contribution in [3.05, 3.63) is 29.8 Å². The Labute approximate surface area is 102 Å². The summed E-state index contributed by atoms with van der Waals surface area (Å²) < 4.78 is 11.4. The van der Waals surface area contributed by atoms with E-state index in [0.717, 1.165) is 11.3 Å². The molecule has 1 heterocycles. The van der Waals surface area contributed by atoms with Gasteiger partial charge in [-0.25, -0.2) is 0 Å². The van der Waals surface area contributed by atoms with Crippen molar-refractivity contribution < 1.29 is 14.3 Å². The summed E-state index contributed by atoms with van der Waals surface area (Å²) in [5.74, 6) is 1.07. The molecule has 1 aromatic rings. The second-order valence-electron chi connectivity index (χ2n) is 4.47. The highest BCUT2D eigenvalue weighted by Gasteiger charge is 2.36. The maximum atomic E-state index is 11.6. The summed E-state index contributed by atoms with van der Waals surface area (Å²) in [5.41, 5.74) is 0.427. The van der Waals surface area contributed by atoms with Crippen molar-refractivity contribution in [1.29, 1.82) is 0 Å². The van der Waals surface area contributed by atoms with Gasteiger partial charge in [-0.2, -0.15) is 0 Å². The molecule has 1 unspecified atom stereocenters. The fraction of sp³-hybridized carbons (Fsp3) is 0.500. The van der Waals surface area contributed by atoms with Gasteiger partial charge in [-0.3, -0.25) is 4.79 Å². The average Bonchev–Trinajstić information content (AvgIpc) is 2.30. The second-order valence-corrected chi connectivity index (χ2v) is 4.47. The van der Waals surface area contributed by atoms with E-state index in [-0.39, 0.29) is 5.78 Å². The molecule has 92 valence electrons. The van der Waals surface area contributed by atoms with Crippen molar-refractivity contribution >= 4 is 5.78 Å². The number of ether oxygens (including phenoxy) is 2. The van der Waals surface area contributed by atoms with Gasteiger partial charge in [0, 0.05) is 18.4 Å². The van der Waals surface area contributed by atoms with Gasteiger partial charge < -0.3 is 9.47 Å². The maximum absolute atomic E-state index is 11.6. The smallest absolute Gasteiger partial charge is 0.138 e. The molecule has 17 heavy (non-hydrogen) atoms. The summed E-state index contributed by atoms with van der Waals surface area (Å²) in [5, 5.41) is 0. The molecular weight excluding hydrogens is 216 g/mol. The van der Waals surface area contributed by atoms with Gasteiger partial charge in [0.2, 0.25) is 0 Å². The van der Waals surface area contributed by atoms with Gasteiger partial charge in [-0.15, -0.1) is 0 Å². The highest BCUT2D eigenvalue weighted by atomic mass is 16.5. The lowest BCUT2D eigenvalue weighted by molar-refractivity contribution is -0.139. The largest absolute Gasteiger partial charge is 0.493 e. The SMILES string of the molecule is CCOc1ccccc1C1(C)CC(=O)CCO1. The van der Waals surface area contributed by atoms with Gasteiger partial charge >= 0.3 is 0 Å². The molecule has 1 aliphatic heterocycles. The van der Waals surface area contributed by atoms with Crippen LogP contribution >= 0.6 is 0 Å². The van der Waals surface area contributed by atoms with Crippen LogP contribution in [0.1, 0.15) is 32.3 Å². The molecule has 0 bridgehead atoms. The van der Waals surface area contributed by atoms with Crippen molar-refractivity contribution in [2.45, 2.75) is 32.3 Å². The van der Waals surface area contributed by atoms with E-state index >= 15 is 0 Å². The van der Waals surface area contributed by atoms with Crippen molar-refractivity contribution in [1.82, 2.24) is 0 Å². The van der Waals surface area contributed by atoms with Gasteiger partial charge in [0.1, 0.15) is 17.1 Å². The van der Waals surface area contributed by atoms with Crippen molar-refractivity contribution in [2.75, 3.05) is 13.2 Å². The lowest BCUT2D eigenvalue weighted by atomic mass is 9.87. The zero-order chi connectivity index (χ0) is 12.3. The molecule has 0 saturated carbocycles. The molecule has 1 atom stereocenters. The number of carbonyl (C=O) groups is 1. The van der Waals surface area contributed by atoms with Crippen molar-refractivity contribution in [3.8, 4) is 5.75 Å². The van der Waals surface area contributed by atoms with E-state index in [1.165, 1.54) is 0 Å². The Balaban J connectivity index is 2.34. The number of para-hydroxylation sites is 1. The average molecular weight is 234 g/mol. The Morgan fingerprint density at radius 3 is 2.88 bits per heavy atom. The zero-order valence-electron chi connectivity index (χ0n) is 10.4. The van der Waals surface area contributed by atoms with Crippen LogP contribution in [0, 0.1) is 0 Å². The van der Waals surface area contributed by atoms with Gasteiger partial charge in [0.15, 0.2) is 0 Å². The summed E-state index contributed by atoms with van der Waals surface area (Å²) in [6, 6.07) is 7.78. The summed E-state index contributed by atoms with van der Waals surface area (Å²) in [7, 11) is 0. The molecule has 0 aliphatic carbocycles. The third-order valence-corrected chi connectivity index (χ3v) is 3.09. The molecule has 0 spiro atoms. The number of Topliss-reactive ketones (excluding diaryl/α,β-unsaturated/α-hetero) is 1. The van der Waals surface area contributed by atoms with Gasteiger partial charge in [0.25, 0.3) is 0 Å². The van der Waals surface area contributed by atoms with E-state index in [2.05, 4.69) is 0 Å². The third-order valence-electron chi connectivity index (χ3n) is 3.09. The molecule has 3 nitrogen and oxygen atoms in total. The molecule has 1 aromatic carbocycles. The van der Waals surface area contributed by atoms with Crippen LogP contribution < -0.4 is 4.74 Å². The Hall–Kier alpha value is -1.35. The summed E-state index contributed by atoms with van der Waals surface area (Å²) >= 11 is 0. The monoisotopic (exact) mass is 234 g/mol. The first kappa shape index (κ1) is 12.1. The van der Waals surface area contributed by atoms with E-state index in [0.29, 0.717) is 26.1 Å². The van der Waals surface area contributed by atoms with E-state index in [4.69, 9.17) is 9.47 Å². The topological polar surface area (TPSA) is 35.5 Å². The molecule has 3 heteroatoms. The molecule has 0 N–H and O–H groups in total. The zero-order valence-corrected chi connectivity index (χ0v) is 10.4. The number of benzene rings is 1. The Morgan fingerprint density at radius 2 is 2.18 bits per heavy atom. The fourth-order valence-electron chi connectivity index (χ4n) is 2.26. The number of rotatable bonds is 3. The Bertz CT molecular complexity index is 414. The Morgan fingerprint density at radius 1 is 1.41 bits per heavy atom. The second kappa shape index (κ2) is 4.88. The lowest BCUT2D eigenvalue weighted by Gasteiger charge is -2.34. The highest BCUT2D eigenvalue weighted by Crippen LogP contribution is 2.38. The van der Waals surface area contributed by atoms with Crippen LogP contribution in [0.3, 0.4) is 0 Å². The normalized spacial score (nSPS) is 24.7. The van der Waals surface area contributed by atoms with E-state index in [9.17, 15) is 4.79 Å². The van der Waals surface area contributed by atoms with E-state index < -0.39 is 5.60 Å². The molecule has 1 aliphatic rings. The standard InChI is InChI=1S/C14H18O3/c1-3-16-13-7-5-4-6-12(13)14(2)10-11(15)8-9-17-14/h4-7H,3,8-10H2,1-2H3. The van der Waals surface area contributed by atoms with Gasteiger partial charge in [-0.05, 0) is 19.9 Å². The lowest BCUT2D eigenvalue weighted by Crippen LogP contribution is -2.35. The van der Waals surface area contributed by atoms with Crippen LogP contribution in [-0.2, 0) is 15.1 Å². The fourth-order valence-corrected chi connectivity index (χ4v) is 2.26. The molecule has 0 aromatic heterocycles. The van der Waals surface area contributed by atoms with E-state index in [1.807, 2.05) is 38.1 Å². The molecule has 1 saturated heterocycles. The Kier molecular flexibility index (Phi) is 3.48. The van der Waals surface area contributed by atoms with Crippen LogP contribution in [0.25, 0.3) is 0 Å². The molecular formula is C14H18O3. The first-order valence-corrected chi connectivity index (χ1v) is 6.03. The quantitative estimate of drug-likeness (QED) is 0.806. The summed E-state index contributed by atoms with van der Waals surface area (Å²) in [6.45, 7) is 5.02. The number of ketones is 1.